The molecule has 2 aromatic carbocycles. The smallest absolute Gasteiger partial charge is 0.146 e. The molecule has 0 fully saturated rings. The number of ether oxygens (including phenoxy) is 1. The fourth-order valence-electron chi connectivity index (χ4n) is 2.20. The lowest BCUT2D eigenvalue weighted by Gasteiger charge is -2.19. The number of benzene rings is 2. The Hall–Kier alpha value is -2.07. The van der Waals surface area contributed by atoms with Crippen LogP contribution in [0, 0.1) is 5.82 Å². The topological polar surface area (TPSA) is 47.3 Å². The van der Waals surface area contributed by atoms with Crippen LogP contribution in [-0.4, -0.2) is 19.7 Å². The maximum atomic E-state index is 13.8. The molecule has 4 heteroatoms. The molecule has 0 aliphatic carbocycles. The van der Waals surface area contributed by atoms with Crippen LogP contribution in [0.4, 0.5) is 10.1 Å². The van der Waals surface area contributed by atoms with Gasteiger partial charge < -0.3 is 15.8 Å². The zero-order valence-electron chi connectivity index (χ0n) is 12.2. The number of rotatable bonds is 7. The van der Waals surface area contributed by atoms with Crippen LogP contribution in [0.3, 0.4) is 0 Å². The van der Waals surface area contributed by atoms with Gasteiger partial charge in [0.1, 0.15) is 11.6 Å². The van der Waals surface area contributed by atoms with Gasteiger partial charge in [-0.1, -0.05) is 30.3 Å². The second-order valence-electron chi connectivity index (χ2n) is 4.95. The molecule has 0 bridgehead atoms. The summed E-state index contributed by atoms with van der Waals surface area (Å²) in [6.07, 6.45) is 1.75. The molecule has 0 amide bonds. The molecule has 0 saturated carbocycles. The fourth-order valence-corrected chi connectivity index (χ4v) is 2.20. The van der Waals surface area contributed by atoms with Crippen molar-refractivity contribution >= 4 is 5.69 Å². The van der Waals surface area contributed by atoms with Crippen LogP contribution in [0.1, 0.15) is 12.0 Å². The van der Waals surface area contributed by atoms with E-state index in [4.69, 9.17) is 10.5 Å². The molecule has 112 valence electrons. The van der Waals surface area contributed by atoms with Crippen molar-refractivity contribution in [2.75, 3.05) is 19.0 Å². The van der Waals surface area contributed by atoms with Gasteiger partial charge in [0.15, 0.2) is 0 Å². The molecule has 2 aromatic rings. The molecule has 1 unspecified atom stereocenters. The number of nitrogens with two attached hydrogens (primary N) is 1. The molecular formula is C17H21FN2O. The predicted octanol–water partition coefficient (Wildman–Crippen LogP) is 3.21. The number of methoxy groups -OCH3 is 1. The Labute approximate surface area is 124 Å². The summed E-state index contributed by atoms with van der Waals surface area (Å²) in [5, 5.41) is 3.16. The fraction of sp³-hybridized carbons (Fsp3) is 0.294. The summed E-state index contributed by atoms with van der Waals surface area (Å²) in [5.74, 6) is 0.326. The van der Waals surface area contributed by atoms with E-state index < -0.39 is 0 Å². The molecule has 3 N–H and O–H groups in total. The molecule has 0 aliphatic heterocycles. The third-order valence-electron chi connectivity index (χ3n) is 3.44. The summed E-state index contributed by atoms with van der Waals surface area (Å²) in [6.45, 7) is 0.448. The third-order valence-corrected chi connectivity index (χ3v) is 3.44. The van der Waals surface area contributed by atoms with E-state index >= 15 is 0 Å². The SMILES string of the molecule is COc1ccc(F)c(NC(CN)CCc2ccccc2)c1. The minimum atomic E-state index is -0.297. The average molecular weight is 288 g/mol. The molecule has 2 rings (SSSR count). The van der Waals surface area contributed by atoms with E-state index in [-0.39, 0.29) is 11.9 Å². The minimum Gasteiger partial charge on any atom is -0.497 e. The van der Waals surface area contributed by atoms with Crippen molar-refractivity contribution in [3.63, 3.8) is 0 Å². The van der Waals surface area contributed by atoms with Crippen LogP contribution < -0.4 is 15.8 Å². The van der Waals surface area contributed by atoms with Crippen LogP contribution in [-0.2, 0) is 6.42 Å². The van der Waals surface area contributed by atoms with E-state index in [2.05, 4.69) is 17.4 Å². The van der Waals surface area contributed by atoms with E-state index in [9.17, 15) is 4.39 Å². The third kappa shape index (κ3) is 4.46. The first-order chi connectivity index (χ1) is 10.2. The molecule has 0 heterocycles. The average Bonchev–Trinajstić information content (AvgIpc) is 2.54. The van der Waals surface area contributed by atoms with Crippen LogP contribution in [0.2, 0.25) is 0 Å². The molecule has 0 spiro atoms. The van der Waals surface area contributed by atoms with Crippen LogP contribution in [0.5, 0.6) is 5.75 Å². The van der Waals surface area contributed by atoms with Crippen molar-refractivity contribution in [3.8, 4) is 5.75 Å². The van der Waals surface area contributed by atoms with E-state index in [0.717, 1.165) is 12.8 Å². The Morgan fingerprint density at radius 1 is 1.19 bits per heavy atom. The van der Waals surface area contributed by atoms with E-state index in [1.54, 1.807) is 19.2 Å². The lowest BCUT2D eigenvalue weighted by atomic mass is 10.0. The van der Waals surface area contributed by atoms with Crippen LogP contribution >= 0.6 is 0 Å². The second kappa shape index (κ2) is 7.64. The van der Waals surface area contributed by atoms with Gasteiger partial charge >= 0.3 is 0 Å². The first kappa shape index (κ1) is 15.3. The number of hydrogen-bond donors (Lipinski definition) is 2. The second-order valence-corrected chi connectivity index (χ2v) is 4.95. The summed E-state index contributed by atoms with van der Waals surface area (Å²) < 4.78 is 18.9. The highest BCUT2D eigenvalue weighted by atomic mass is 19.1. The van der Waals surface area contributed by atoms with Gasteiger partial charge in [0, 0.05) is 18.7 Å². The Kier molecular flexibility index (Phi) is 5.58. The monoisotopic (exact) mass is 288 g/mol. The van der Waals surface area contributed by atoms with Crippen LogP contribution in [0.25, 0.3) is 0 Å². The largest absolute Gasteiger partial charge is 0.497 e. The van der Waals surface area contributed by atoms with Gasteiger partial charge in [-0.15, -0.1) is 0 Å². The number of aryl methyl sites for hydroxylation is 1. The maximum Gasteiger partial charge on any atom is 0.146 e. The van der Waals surface area contributed by atoms with Gasteiger partial charge in [-0.05, 0) is 30.5 Å². The molecule has 0 radical (unpaired) electrons. The quantitative estimate of drug-likeness (QED) is 0.822. The highest BCUT2D eigenvalue weighted by molar-refractivity contribution is 5.50. The molecule has 3 nitrogen and oxygen atoms in total. The van der Waals surface area contributed by atoms with E-state index in [1.165, 1.54) is 11.6 Å². The Balaban J connectivity index is 1.99. The van der Waals surface area contributed by atoms with Gasteiger partial charge in [-0.2, -0.15) is 0 Å². The Morgan fingerprint density at radius 3 is 2.62 bits per heavy atom. The number of halogens is 1. The van der Waals surface area contributed by atoms with Crippen molar-refractivity contribution in [1.29, 1.82) is 0 Å². The zero-order chi connectivity index (χ0) is 15.1. The predicted molar refractivity (Wildman–Crippen MR) is 84.2 cm³/mol. The molecule has 0 aromatic heterocycles. The standard InChI is InChI=1S/C17H21FN2O/c1-21-15-9-10-16(18)17(11-15)20-14(12-19)8-7-13-5-3-2-4-6-13/h2-6,9-11,14,20H,7-8,12,19H2,1H3. The van der Waals surface area contributed by atoms with Crippen molar-refractivity contribution in [2.45, 2.75) is 18.9 Å². The van der Waals surface area contributed by atoms with Gasteiger partial charge in [0.25, 0.3) is 0 Å². The number of hydrogen-bond acceptors (Lipinski definition) is 3. The highest BCUT2D eigenvalue weighted by Crippen LogP contribution is 2.22. The first-order valence-electron chi connectivity index (χ1n) is 7.07. The van der Waals surface area contributed by atoms with Crippen molar-refractivity contribution in [3.05, 3.63) is 59.9 Å². The number of nitrogens with one attached hydrogen (secondary N) is 1. The normalized spacial score (nSPS) is 12.0. The Bertz CT molecular complexity index is 560. The van der Waals surface area contributed by atoms with E-state index in [0.29, 0.717) is 18.0 Å². The van der Waals surface area contributed by atoms with Gasteiger partial charge in [0.05, 0.1) is 12.8 Å². The summed E-state index contributed by atoms with van der Waals surface area (Å²) >= 11 is 0. The van der Waals surface area contributed by atoms with Crippen molar-refractivity contribution < 1.29 is 9.13 Å². The summed E-state index contributed by atoms with van der Waals surface area (Å²) in [7, 11) is 1.56. The van der Waals surface area contributed by atoms with Gasteiger partial charge in [-0.3, -0.25) is 0 Å². The first-order valence-corrected chi connectivity index (χ1v) is 7.07. The minimum absolute atomic E-state index is 0.0202. The molecule has 0 saturated heterocycles. The van der Waals surface area contributed by atoms with Gasteiger partial charge in [0.2, 0.25) is 0 Å². The molecule has 0 aliphatic rings. The van der Waals surface area contributed by atoms with Crippen molar-refractivity contribution in [2.24, 2.45) is 5.73 Å². The molecule has 21 heavy (non-hydrogen) atoms. The highest BCUT2D eigenvalue weighted by Gasteiger charge is 2.11. The summed E-state index contributed by atoms with van der Waals surface area (Å²) in [5.41, 5.74) is 7.47. The molecular weight excluding hydrogens is 267 g/mol. The summed E-state index contributed by atoms with van der Waals surface area (Å²) in [6, 6.07) is 14.9. The zero-order valence-corrected chi connectivity index (χ0v) is 12.2. The van der Waals surface area contributed by atoms with E-state index in [1.807, 2.05) is 18.2 Å². The van der Waals surface area contributed by atoms with Crippen LogP contribution in [0.15, 0.2) is 48.5 Å². The maximum absolute atomic E-state index is 13.8. The van der Waals surface area contributed by atoms with Crippen molar-refractivity contribution in [1.82, 2.24) is 0 Å². The lowest BCUT2D eigenvalue weighted by molar-refractivity contribution is 0.414. The number of anilines is 1. The van der Waals surface area contributed by atoms with Gasteiger partial charge in [-0.25, -0.2) is 4.39 Å². The Morgan fingerprint density at radius 2 is 1.95 bits per heavy atom. The molecule has 1 atom stereocenters. The summed E-state index contributed by atoms with van der Waals surface area (Å²) in [4.78, 5) is 0. The lowest BCUT2D eigenvalue weighted by Crippen LogP contribution is -2.29.